The number of rotatable bonds is 6. The molecule has 0 saturated carbocycles. The Bertz CT molecular complexity index is 1240. The second-order valence-electron chi connectivity index (χ2n) is 7.10. The third-order valence-electron chi connectivity index (χ3n) is 4.90. The van der Waals surface area contributed by atoms with Crippen LogP contribution in [0, 0.1) is 0 Å². The van der Waals surface area contributed by atoms with Crippen LogP contribution in [-0.2, 0) is 16.2 Å². The molecule has 166 valence electrons. The molecule has 0 bridgehead atoms. The van der Waals surface area contributed by atoms with Crippen molar-refractivity contribution in [3.05, 3.63) is 94.0 Å². The summed E-state index contributed by atoms with van der Waals surface area (Å²) in [7, 11) is 1.50. The Kier molecular flexibility index (Phi) is 6.55. The molecule has 4 amide bonds. The molecule has 0 aliphatic carbocycles. The van der Waals surface area contributed by atoms with Gasteiger partial charge in [0.15, 0.2) is 11.5 Å². The standard InChI is InChI=1S/C25H19BrN2O5/c1-32-21-14-17(13-20(26)22(21)33-15-16-8-4-2-5-9-16)12-19-23(29)27-25(31)28(24(19)30)18-10-6-3-7-11-18/h2-14H,15H2,1H3,(H,27,29,31)/b19-12+. The van der Waals surface area contributed by atoms with Crippen LogP contribution < -0.4 is 19.7 Å². The fourth-order valence-electron chi connectivity index (χ4n) is 3.33. The number of urea groups is 1. The highest BCUT2D eigenvalue weighted by Crippen LogP contribution is 2.38. The number of ether oxygens (including phenoxy) is 2. The number of nitrogens with zero attached hydrogens (tertiary/aromatic N) is 1. The molecule has 3 aromatic carbocycles. The van der Waals surface area contributed by atoms with Gasteiger partial charge in [0.25, 0.3) is 11.8 Å². The van der Waals surface area contributed by atoms with Gasteiger partial charge in [0, 0.05) is 0 Å². The Balaban J connectivity index is 1.64. The molecule has 0 radical (unpaired) electrons. The Hall–Kier alpha value is -3.91. The summed E-state index contributed by atoms with van der Waals surface area (Å²) in [6.45, 7) is 0.339. The molecular weight excluding hydrogens is 488 g/mol. The SMILES string of the molecule is COc1cc(/C=C2\C(=O)NC(=O)N(c3ccccc3)C2=O)cc(Br)c1OCc1ccccc1. The monoisotopic (exact) mass is 506 g/mol. The zero-order valence-electron chi connectivity index (χ0n) is 17.6. The molecule has 1 saturated heterocycles. The van der Waals surface area contributed by atoms with Gasteiger partial charge in [-0.15, -0.1) is 0 Å². The van der Waals surface area contributed by atoms with E-state index in [0.29, 0.717) is 33.8 Å². The van der Waals surface area contributed by atoms with Crippen LogP contribution in [0.4, 0.5) is 10.5 Å². The number of anilines is 1. The van der Waals surface area contributed by atoms with Gasteiger partial charge in [-0.2, -0.15) is 0 Å². The first-order chi connectivity index (χ1) is 16.0. The Morgan fingerprint density at radius 2 is 1.64 bits per heavy atom. The van der Waals surface area contributed by atoms with E-state index in [4.69, 9.17) is 9.47 Å². The summed E-state index contributed by atoms with van der Waals surface area (Å²) < 4.78 is 12.0. The van der Waals surface area contributed by atoms with E-state index >= 15 is 0 Å². The molecular formula is C25H19BrN2O5. The molecule has 1 heterocycles. The summed E-state index contributed by atoms with van der Waals surface area (Å²) >= 11 is 3.48. The van der Waals surface area contributed by atoms with Crippen molar-refractivity contribution in [2.75, 3.05) is 12.0 Å². The lowest BCUT2D eigenvalue weighted by Gasteiger charge is -2.26. The number of barbiturate groups is 1. The van der Waals surface area contributed by atoms with Crippen molar-refractivity contribution >= 4 is 45.5 Å². The number of carbonyl (C=O) groups is 3. The molecule has 0 spiro atoms. The molecule has 0 atom stereocenters. The van der Waals surface area contributed by atoms with Crippen molar-refractivity contribution in [3.8, 4) is 11.5 Å². The van der Waals surface area contributed by atoms with Gasteiger partial charge in [-0.3, -0.25) is 14.9 Å². The smallest absolute Gasteiger partial charge is 0.335 e. The number of imide groups is 2. The number of halogens is 1. The van der Waals surface area contributed by atoms with Gasteiger partial charge in [-0.05, 0) is 57.4 Å². The highest BCUT2D eigenvalue weighted by molar-refractivity contribution is 9.10. The van der Waals surface area contributed by atoms with Gasteiger partial charge in [0.1, 0.15) is 12.2 Å². The van der Waals surface area contributed by atoms with E-state index in [1.807, 2.05) is 30.3 Å². The first-order valence-electron chi connectivity index (χ1n) is 9.98. The average Bonchev–Trinajstić information content (AvgIpc) is 2.82. The first-order valence-corrected chi connectivity index (χ1v) is 10.8. The van der Waals surface area contributed by atoms with Crippen LogP contribution in [-0.4, -0.2) is 25.0 Å². The number of para-hydroxylation sites is 1. The van der Waals surface area contributed by atoms with Crippen molar-refractivity contribution in [3.63, 3.8) is 0 Å². The second kappa shape index (κ2) is 9.70. The van der Waals surface area contributed by atoms with Crippen molar-refractivity contribution < 1.29 is 23.9 Å². The maximum atomic E-state index is 13.0. The average molecular weight is 507 g/mol. The van der Waals surface area contributed by atoms with E-state index in [1.54, 1.807) is 42.5 Å². The van der Waals surface area contributed by atoms with Crippen molar-refractivity contribution in [1.29, 1.82) is 0 Å². The van der Waals surface area contributed by atoms with Crippen LogP contribution in [0.25, 0.3) is 6.08 Å². The van der Waals surface area contributed by atoms with E-state index in [-0.39, 0.29) is 5.57 Å². The summed E-state index contributed by atoms with van der Waals surface area (Å²) in [4.78, 5) is 38.7. The van der Waals surface area contributed by atoms with E-state index in [0.717, 1.165) is 10.5 Å². The summed E-state index contributed by atoms with van der Waals surface area (Å²) in [6.07, 6.45) is 1.41. The van der Waals surface area contributed by atoms with Crippen molar-refractivity contribution in [1.82, 2.24) is 5.32 Å². The third-order valence-corrected chi connectivity index (χ3v) is 5.49. The molecule has 33 heavy (non-hydrogen) atoms. The van der Waals surface area contributed by atoms with E-state index in [9.17, 15) is 14.4 Å². The van der Waals surface area contributed by atoms with E-state index < -0.39 is 17.8 Å². The minimum atomic E-state index is -0.795. The van der Waals surface area contributed by atoms with E-state index in [1.165, 1.54) is 13.2 Å². The highest BCUT2D eigenvalue weighted by atomic mass is 79.9. The summed E-state index contributed by atoms with van der Waals surface area (Å²) in [6, 6.07) is 20.6. The minimum absolute atomic E-state index is 0.176. The summed E-state index contributed by atoms with van der Waals surface area (Å²) in [5.74, 6) is -0.568. The van der Waals surface area contributed by atoms with Crippen LogP contribution in [0.3, 0.4) is 0 Å². The molecule has 1 fully saturated rings. The Morgan fingerprint density at radius 1 is 0.970 bits per heavy atom. The number of methoxy groups -OCH3 is 1. The lowest BCUT2D eigenvalue weighted by atomic mass is 10.1. The molecule has 1 N–H and O–H groups in total. The van der Waals surface area contributed by atoms with E-state index in [2.05, 4.69) is 21.2 Å². The quantitative estimate of drug-likeness (QED) is 0.386. The molecule has 1 aliphatic rings. The van der Waals surface area contributed by atoms with Crippen molar-refractivity contribution in [2.24, 2.45) is 0 Å². The molecule has 8 heteroatoms. The number of hydrogen-bond acceptors (Lipinski definition) is 5. The summed E-state index contributed by atoms with van der Waals surface area (Å²) in [5.41, 5.74) is 1.70. The molecule has 7 nitrogen and oxygen atoms in total. The molecule has 4 rings (SSSR count). The number of benzene rings is 3. The lowest BCUT2D eigenvalue weighted by molar-refractivity contribution is -0.122. The fraction of sp³-hybridized carbons (Fsp3) is 0.0800. The van der Waals surface area contributed by atoms with Crippen LogP contribution in [0.5, 0.6) is 11.5 Å². The van der Waals surface area contributed by atoms with Crippen LogP contribution in [0.1, 0.15) is 11.1 Å². The van der Waals surface area contributed by atoms with Gasteiger partial charge in [-0.25, -0.2) is 9.69 Å². The Morgan fingerprint density at radius 3 is 2.30 bits per heavy atom. The van der Waals surface area contributed by atoms with Gasteiger partial charge in [0.2, 0.25) is 0 Å². The zero-order valence-corrected chi connectivity index (χ0v) is 19.2. The number of hydrogen-bond donors (Lipinski definition) is 1. The predicted molar refractivity (Wildman–Crippen MR) is 127 cm³/mol. The fourth-order valence-corrected chi connectivity index (χ4v) is 3.90. The van der Waals surface area contributed by atoms with Gasteiger partial charge >= 0.3 is 6.03 Å². The molecule has 0 unspecified atom stereocenters. The third kappa shape index (κ3) is 4.80. The largest absolute Gasteiger partial charge is 0.493 e. The van der Waals surface area contributed by atoms with Crippen LogP contribution >= 0.6 is 15.9 Å². The van der Waals surface area contributed by atoms with Gasteiger partial charge in [-0.1, -0.05) is 48.5 Å². The van der Waals surface area contributed by atoms with Crippen LogP contribution in [0.2, 0.25) is 0 Å². The number of amides is 4. The lowest BCUT2D eigenvalue weighted by Crippen LogP contribution is -2.54. The topological polar surface area (TPSA) is 84.9 Å². The Labute approximate surface area is 198 Å². The molecule has 1 aliphatic heterocycles. The second-order valence-corrected chi connectivity index (χ2v) is 7.96. The first kappa shape index (κ1) is 22.3. The summed E-state index contributed by atoms with van der Waals surface area (Å²) in [5, 5.41) is 2.21. The normalized spacial score (nSPS) is 14.9. The predicted octanol–water partition coefficient (Wildman–Crippen LogP) is 4.70. The maximum absolute atomic E-state index is 13.0. The molecule has 0 aromatic heterocycles. The van der Waals surface area contributed by atoms with Crippen molar-refractivity contribution in [2.45, 2.75) is 6.61 Å². The van der Waals surface area contributed by atoms with Crippen LogP contribution in [0.15, 0.2) is 82.8 Å². The highest BCUT2D eigenvalue weighted by Gasteiger charge is 2.36. The zero-order chi connectivity index (χ0) is 23.4. The molecule has 3 aromatic rings. The number of carbonyl (C=O) groups excluding carboxylic acids is 3. The number of nitrogens with one attached hydrogen (secondary N) is 1. The van der Waals surface area contributed by atoms with Gasteiger partial charge < -0.3 is 9.47 Å². The minimum Gasteiger partial charge on any atom is -0.493 e. The maximum Gasteiger partial charge on any atom is 0.335 e. The van der Waals surface area contributed by atoms with Gasteiger partial charge in [0.05, 0.1) is 17.3 Å².